The van der Waals surface area contributed by atoms with Crippen LogP contribution in [0, 0.1) is 6.92 Å². The van der Waals surface area contributed by atoms with E-state index in [-0.39, 0.29) is 12.5 Å². The first-order valence-corrected chi connectivity index (χ1v) is 6.89. The summed E-state index contributed by atoms with van der Waals surface area (Å²) in [7, 11) is 0. The van der Waals surface area contributed by atoms with E-state index in [1.54, 1.807) is 12.1 Å². The molecule has 2 aromatic rings. The van der Waals surface area contributed by atoms with Crippen LogP contribution in [0.5, 0.6) is 11.5 Å². The Kier molecular flexibility index (Phi) is 5.21. The molecule has 0 aliphatic rings. The summed E-state index contributed by atoms with van der Waals surface area (Å²) in [6, 6.07) is 14.8. The molecule has 4 heteroatoms. The van der Waals surface area contributed by atoms with Gasteiger partial charge in [0.1, 0.15) is 11.5 Å². The Balaban J connectivity index is 1.82. The first-order chi connectivity index (χ1) is 10.2. The van der Waals surface area contributed by atoms with Crippen LogP contribution >= 0.6 is 0 Å². The van der Waals surface area contributed by atoms with Crippen molar-refractivity contribution in [3.05, 3.63) is 54.1 Å². The van der Waals surface area contributed by atoms with Crippen molar-refractivity contribution in [2.75, 3.05) is 18.5 Å². The fraction of sp³-hybridized carbons (Fsp3) is 0.235. The maximum atomic E-state index is 11.8. The standard InChI is InChI=1S/C17H19NO3/c1-3-20-15-10-6-14(7-11-15)18-17(19)12-21-16-8-4-13(2)5-9-16/h4-11H,3,12H2,1-2H3,(H,18,19). The largest absolute Gasteiger partial charge is 0.494 e. The number of rotatable bonds is 6. The molecule has 21 heavy (non-hydrogen) atoms. The molecule has 0 fully saturated rings. The van der Waals surface area contributed by atoms with E-state index in [0.717, 1.165) is 17.0 Å². The summed E-state index contributed by atoms with van der Waals surface area (Å²) in [6.07, 6.45) is 0. The van der Waals surface area contributed by atoms with E-state index in [1.165, 1.54) is 0 Å². The van der Waals surface area contributed by atoms with E-state index in [0.29, 0.717) is 12.4 Å². The summed E-state index contributed by atoms with van der Waals surface area (Å²) >= 11 is 0. The normalized spacial score (nSPS) is 10.0. The molecule has 0 bridgehead atoms. The highest BCUT2D eigenvalue weighted by atomic mass is 16.5. The number of nitrogens with one attached hydrogen (secondary N) is 1. The third kappa shape index (κ3) is 4.84. The van der Waals surface area contributed by atoms with Gasteiger partial charge in [-0.3, -0.25) is 4.79 Å². The van der Waals surface area contributed by atoms with Gasteiger partial charge in [0.25, 0.3) is 5.91 Å². The van der Waals surface area contributed by atoms with Gasteiger partial charge in [0.15, 0.2) is 6.61 Å². The lowest BCUT2D eigenvalue weighted by Crippen LogP contribution is -2.20. The zero-order valence-corrected chi connectivity index (χ0v) is 12.3. The average molecular weight is 285 g/mol. The van der Waals surface area contributed by atoms with E-state index >= 15 is 0 Å². The quantitative estimate of drug-likeness (QED) is 0.884. The maximum Gasteiger partial charge on any atom is 0.262 e. The molecule has 0 radical (unpaired) electrons. The van der Waals surface area contributed by atoms with Crippen molar-refractivity contribution in [2.45, 2.75) is 13.8 Å². The molecule has 1 amide bonds. The van der Waals surface area contributed by atoms with Crippen molar-refractivity contribution >= 4 is 11.6 Å². The molecule has 2 rings (SSSR count). The fourth-order valence-corrected chi connectivity index (χ4v) is 1.78. The molecule has 0 atom stereocenters. The second-order valence-electron chi connectivity index (χ2n) is 4.61. The molecule has 110 valence electrons. The molecule has 0 heterocycles. The molecule has 0 spiro atoms. The highest BCUT2D eigenvalue weighted by Crippen LogP contribution is 2.16. The van der Waals surface area contributed by atoms with E-state index in [9.17, 15) is 4.79 Å². The molecular weight excluding hydrogens is 266 g/mol. The van der Waals surface area contributed by atoms with Crippen molar-refractivity contribution in [1.82, 2.24) is 0 Å². The first kappa shape index (κ1) is 14.9. The highest BCUT2D eigenvalue weighted by molar-refractivity contribution is 5.91. The Labute approximate surface area is 124 Å². The Hall–Kier alpha value is -2.49. The zero-order chi connectivity index (χ0) is 15.1. The summed E-state index contributed by atoms with van der Waals surface area (Å²) in [5.74, 6) is 1.27. The molecule has 0 saturated carbocycles. The number of aryl methyl sites for hydroxylation is 1. The van der Waals surface area contributed by atoms with Crippen LogP contribution in [0.15, 0.2) is 48.5 Å². The number of benzene rings is 2. The monoisotopic (exact) mass is 285 g/mol. The smallest absolute Gasteiger partial charge is 0.262 e. The predicted octanol–water partition coefficient (Wildman–Crippen LogP) is 3.41. The van der Waals surface area contributed by atoms with Gasteiger partial charge in [-0.25, -0.2) is 0 Å². The second-order valence-corrected chi connectivity index (χ2v) is 4.61. The van der Waals surface area contributed by atoms with Crippen molar-refractivity contribution in [3.8, 4) is 11.5 Å². The lowest BCUT2D eigenvalue weighted by atomic mass is 10.2. The minimum atomic E-state index is -0.195. The second kappa shape index (κ2) is 7.33. The van der Waals surface area contributed by atoms with Gasteiger partial charge >= 0.3 is 0 Å². The van der Waals surface area contributed by atoms with Crippen molar-refractivity contribution in [2.24, 2.45) is 0 Å². The van der Waals surface area contributed by atoms with Gasteiger partial charge in [0.05, 0.1) is 6.61 Å². The third-order valence-electron chi connectivity index (χ3n) is 2.84. The van der Waals surface area contributed by atoms with Gasteiger partial charge in [0, 0.05) is 5.69 Å². The van der Waals surface area contributed by atoms with Crippen molar-refractivity contribution in [1.29, 1.82) is 0 Å². The summed E-state index contributed by atoms with van der Waals surface area (Å²) < 4.78 is 10.8. The van der Waals surface area contributed by atoms with E-state index < -0.39 is 0 Å². The molecule has 0 unspecified atom stereocenters. The third-order valence-corrected chi connectivity index (χ3v) is 2.84. The van der Waals surface area contributed by atoms with Crippen molar-refractivity contribution < 1.29 is 14.3 Å². The van der Waals surface area contributed by atoms with Crippen LogP contribution in [-0.2, 0) is 4.79 Å². The number of anilines is 1. The molecular formula is C17H19NO3. The lowest BCUT2D eigenvalue weighted by Gasteiger charge is -2.08. The van der Waals surface area contributed by atoms with E-state index in [1.807, 2.05) is 50.2 Å². The number of hydrogen-bond acceptors (Lipinski definition) is 3. The number of ether oxygens (including phenoxy) is 2. The number of carbonyl (C=O) groups excluding carboxylic acids is 1. The molecule has 0 aliphatic carbocycles. The minimum Gasteiger partial charge on any atom is -0.494 e. The Bertz CT molecular complexity index is 576. The molecule has 4 nitrogen and oxygen atoms in total. The molecule has 1 N–H and O–H groups in total. The first-order valence-electron chi connectivity index (χ1n) is 6.89. The van der Waals surface area contributed by atoms with Crippen LogP contribution < -0.4 is 14.8 Å². The van der Waals surface area contributed by atoms with Gasteiger partial charge in [-0.1, -0.05) is 17.7 Å². The number of amides is 1. The topological polar surface area (TPSA) is 47.6 Å². The van der Waals surface area contributed by atoms with E-state index in [4.69, 9.17) is 9.47 Å². The average Bonchev–Trinajstić information content (AvgIpc) is 2.49. The van der Waals surface area contributed by atoms with Crippen LogP contribution in [-0.4, -0.2) is 19.1 Å². The maximum absolute atomic E-state index is 11.8. The summed E-state index contributed by atoms with van der Waals surface area (Å²) in [5.41, 5.74) is 1.87. The summed E-state index contributed by atoms with van der Waals surface area (Å²) in [4.78, 5) is 11.8. The minimum absolute atomic E-state index is 0.0176. The molecule has 2 aromatic carbocycles. The Morgan fingerprint density at radius 3 is 2.14 bits per heavy atom. The van der Waals surface area contributed by atoms with Gasteiger partial charge in [-0.2, -0.15) is 0 Å². The van der Waals surface area contributed by atoms with E-state index in [2.05, 4.69) is 5.32 Å². The number of hydrogen-bond donors (Lipinski definition) is 1. The molecule has 0 aromatic heterocycles. The highest BCUT2D eigenvalue weighted by Gasteiger charge is 2.04. The van der Waals surface area contributed by atoms with Crippen LogP contribution in [0.2, 0.25) is 0 Å². The molecule has 0 saturated heterocycles. The molecule has 0 aliphatic heterocycles. The van der Waals surface area contributed by atoms with Crippen LogP contribution in [0.3, 0.4) is 0 Å². The van der Waals surface area contributed by atoms with Gasteiger partial charge in [-0.15, -0.1) is 0 Å². The fourth-order valence-electron chi connectivity index (χ4n) is 1.78. The lowest BCUT2D eigenvalue weighted by molar-refractivity contribution is -0.118. The van der Waals surface area contributed by atoms with Crippen molar-refractivity contribution in [3.63, 3.8) is 0 Å². The zero-order valence-electron chi connectivity index (χ0n) is 12.3. The van der Waals surface area contributed by atoms with Crippen LogP contribution in [0.1, 0.15) is 12.5 Å². The van der Waals surface area contributed by atoms with Gasteiger partial charge < -0.3 is 14.8 Å². The SMILES string of the molecule is CCOc1ccc(NC(=O)COc2ccc(C)cc2)cc1. The van der Waals surface area contributed by atoms with Gasteiger partial charge in [-0.05, 0) is 50.2 Å². The predicted molar refractivity (Wildman–Crippen MR) is 82.9 cm³/mol. The summed E-state index contributed by atoms with van der Waals surface area (Å²) in [6.45, 7) is 4.53. The Morgan fingerprint density at radius 2 is 1.52 bits per heavy atom. The number of carbonyl (C=O) groups is 1. The van der Waals surface area contributed by atoms with Crippen LogP contribution in [0.25, 0.3) is 0 Å². The summed E-state index contributed by atoms with van der Waals surface area (Å²) in [5, 5.41) is 2.77. The Morgan fingerprint density at radius 1 is 0.952 bits per heavy atom. The van der Waals surface area contributed by atoms with Gasteiger partial charge in [0.2, 0.25) is 0 Å². The van der Waals surface area contributed by atoms with Crippen LogP contribution in [0.4, 0.5) is 5.69 Å².